The Kier molecular flexibility index (Phi) is 6.67. The molecule has 4 aliphatic heterocycles. The van der Waals surface area contributed by atoms with Gasteiger partial charge in [0.25, 0.3) is 5.91 Å². The smallest absolute Gasteiger partial charge is 0.326 e. The number of aromatic nitrogens is 1. The number of thioether (sulfide) groups is 1. The van der Waals surface area contributed by atoms with Gasteiger partial charge in [-0.25, -0.2) is 4.79 Å². The first-order valence-corrected chi connectivity index (χ1v) is 13.9. The number of urea groups is 1. The highest BCUT2D eigenvalue weighted by Gasteiger charge is 2.51. The van der Waals surface area contributed by atoms with Crippen molar-refractivity contribution in [2.75, 3.05) is 24.5 Å². The number of hydrogen-bond donors (Lipinski definition) is 3. The molecule has 3 unspecified atom stereocenters. The van der Waals surface area contributed by atoms with Crippen LogP contribution in [0.3, 0.4) is 0 Å². The molecule has 4 amide bonds. The van der Waals surface area contributed by atoms with E-state index in [1.54, 1.807) is 17.3 Å². The van der Waals surface area contributed by atoms with Gasteiger partial charge in [-0.05, 0) is 67.3 Å². The third-order valence-electron chi connectivity index (χ3n) is 7.73. The standard InChI is InChI=1S/C28H30N6O3S/c1-2-22(35)33-14-4-6-19(16-33)31-26(36)25-24-23-21(10-13-30-27(23)38-25)34(28(37)32-24)20-7-3-5-18(15-20)17-8-11-29-12-9-17/h2-3,5,7-9,11-12,15,19,21,23,27,30H,1,4,6,10,13-14,16H2,(H,31,36)(H,32,37)/t19-,21?,23?,27?/m1/s1. The minimum Gasteiger partial charge on any atom is -0.347 e. The fraction of sp³-hybridized carbons (Fsp3) is 0.357. The Bertz CT molecular complexity index is 1310. The molecule has 6 rings (SSSR count). The number of hydrogen-bond acceptors (Lipinski definition) is 6. The predicted octanol–water partition coefficient (Wildman–Crippen LogP) is 2.83. The van der Waals surface area contributed by atoms with E-state index in [0.717, 1.165) is 42.6 Å². The summed E-state index contributed by atoms with van der Waals surface area (Å²) in [7, 11) is 0. The number of rotatable bonds is 5. The lowest BCUT2D eigenvalue weighted by molar-refractivity contribution is -0.128. The Morgan fingerprint density at radius 1 is 1.16 bits per heavy atom. The molecule has 0 radical (unpaired) electrons. The van der Waals surface area contributed by atoms with Crippen molar-refractivity contribution >= 4 is 35.3 Å². The van der Waals surface area contributed by atoms with Gasteiger partial charge in [-0.15, -0.1) is 0 Å². The summed E-state index contributed by atoms with van der Waals surface area (Å²) in [4.78, 5) is 47.3. The minimum atomic E-state index is -0.220. The fourth-order valence-corrected chi connectivity index (χ4v) is 7.38. The fourth-order valence-electron chi connectivity index (χ4n) is 5.98. The minimum absolute atomic E-state index is 0.00109. The molecule has 9 nitrogen and oxygen atoms in total. The maximum absolute atomic E-state index is 13.6. The molecule has 2 aromatic rings. The largest absolute Gasteiger partial charge is 0.347 e. The third kappa shape index (κ3) is 4.48. The lowest BCUT2D eigenvalue weighted by Gasteiger charge is -2.45. The summed E-state index contributed by atoms with van der Waals surface area (Å²) >= 11 is 1.49. The summed E-state index contributed by atoms with van der Waals surface area (Å²) in [6, 6.07) is 11.5. The zero-order valence-corrected chi connectivity index (χ0v) is 21.7. The van der Waals surface area contributed by atoms with Gasteiger partial charge in [0.05, 0.1) is 16.3 Å². The van der Waals surface area contributed by atoms with E-state index in [1.807, 2.05) is 41.3 Å². The first-order valence-electron chi connectivity index (χ1n) is 13.0. The molecule has 5 heterocycles. The number of amides is 4. The van der Waals surface area contributed by atoms with Crippen LogP contribution in [0.4, 0.5) is 10.5 Å². The predicted molar refractivity (Wildman–Crippen MR) is 147 cm³/mol. The number of anilines is 1. The van der Waals surface area contributed by atoms with Crippen LogP contribution in [0.2, 0.25) is 0 Å². The Morgan fingerprint density at radius 3 is 2.82 bits per heavy atom. The van der Waals surface area contributed by atoms with E-state index in [9.17, 15) is 14.4 Å². The molecule has 1 aromatic heterocycles. The third-order valence-corrected chi connectivity index (χ3v) is 9.08. The molecule has 1 aromatic carbocycles. The number of likely N-dealkylation sites (tertiary alicyclic amines) is 1. The van der Waals surface area contributed by atoms with Crippen LogP contribution in [0.1, 0.15) is 19.3 Å². The summed E-state index contributed by atoms with van der Waals surface area (Å²) in [5, 5.41) is 9.74. The summed E-state index contributed by atoms with van der Waals surface area (Å²) < 4.78 is 0. The zero-order chi connectivity index (χ0) is 26.2. The monoisotopic (exact) mass is 530 g/mol. The second-order valence-electron chi connectivity index (χ2n) is 10.0. The first kappa shape index (κ1) is 24.7. The number of pyridine rings is 1. The Morgan fingerprint density at radius 2 is 2.00 bits per heavy atom. The highest BCUT2D eigenvalue weighted by Crippen LogP contribution is 2.48. The Labute approximate surface area is 225 Å². The van der Waals surface area contributed by atoms with Crippen molar-refractivity contribution in [3.63, 3.8) is 0 Å². The summed E-state index contributed by atoms with van der Waals surface area (Å²) in [6.07, 6.45) is 7.25. The molecule has 0 spiro atoms. The van der Waals surface area contributed by atoms with Crippen LogP contribution in [-0.2, 0) is 9.59 Å². The maximum atomic E-state index is 13.6. The van der Waals surface area contributed by atoms with E-state index in [2.05, 4.69) is 27.5 Å². The molecule has 0 aliphatic carbocycles. The molecule has 3 saturated heterocycles. The summed E-state index contributed by atoms with van der Waals surface area (Å²) in [6.45, 7) is 5.47. The number of nitrogens with one attached hydrogen (secondary N) is 3. The van der Waals surface area contributed by atoms with Gasteiger partial charge >= 0.3 is 6.03 Å². The van der Waals surface area contributed by atoms with E-state index >= 15 is 0 Å². The van der Waals surface area contributed by atoms with Crippen LogP contribution in [0.15, 0.2) is 72.0 Å². The molecule has 38 heavy (non-hydrogen) atoms. The number of carbonyl (C=O) groups is 3. The lowest BCUT2D eigenvalue weighted by Crippen LogP contribution is -2.62. The molecule has 0 bridgehead atoms. The molecule has 3 N–H and O–H groups in total. The van der Waals surface area contributed by atoms with Gasteiger partial charge in [0.2, 0.25) is 5.91 Å². The first-order chi connectivity index (χ1) is 18.5. The van der Waals surface area contributed by atoms with Gasteiger partial charge in [-0.2, -0.15) is 0 Å². The van der Waals surface area contributed by atoms with Crippen molar-refractivity contribution in [2.24, 2.45) is 5.92 Å². The van der Waals surface area contributed by atoms with E-state index in [0.29, 0.717) is 23.7 Å². The lowest BCUT2D eigenvalue weighted by atomic mass is 9.86. The number of piperidine rings is 2. The highest BCUT2D eigenvalue weighted by molar-refractivity contribution is 8.04. The summed E-state index contributed by atoms with van der Waals surface area (Å²) in [5.41, 5.74) is 3.59. The van der Waals surface area contributed by atoms with Crippen molar-refractivity contribution in [1.29, 1.82) is 0 Å². The van der Waals surface area contributed by atoms with Crippen molar-refractivity contribution < 1.29 is 14.4 Å². The molecule has 3 fully saturated rings. The van der Waals surface area contributed by atoms with Gasteiger partial charge in [-0.1, -0.05) is 30.5 Å². The van der Waals surface area contributed by atoms with Gasteiger partial charge in [0.15, 0.2) is 0 Å². The molecule has 0 saturated carbocycles. The molecular weight excluding hydrogens is 500 g/mol. The average molecular weight is 531 g/mol. The number of carbonyl (C=O) groups excluding carboxylic acids is 3. The quantitative estimate of drug-likeness (QED) is 0.514. The van der Waals surface area contributed by atoms with Gasteiger partial charge in [-0.3, -0.25) is 19.5 Å². The molecule has 4 aliphatic rings. The van der Waals surface area contributed by atoms with Crippen molar-refractivity contribution in [3.8, 4) is 11.1 Å². The van der Waals surface area contributed by atoms with E-state index in [4.69, 9.17) is 0 Å². The van der Waals surface area contributed by atoms with Crippen LogP contribution < -0.4 is 20.9 Å². The molecule has 196 valence electrons. The van der Waals surface area contributed by atoms with Gasteiger partial charge < -0.3 is 20.9 Å². The number of benzene rings is 1. The average Bonchev–Trinajstić information content (AvgIpc) is 3.33. The van der Waals surface area contributed by atoms with Crippen molar-refractivity contribution in [2.45, 2.75) is 36.7 Å². The maximum Gasteiger partial charge on any atom is 0.326 e. The van der Waals surface area contributed by atoms with Gasteiger partial charge in [0.1, 0.15) is 0 Å². The van der Waals surface area contributed by atoms with Crippen molar-refractivity contribution in [3.05, 3.63) is 72.0 Å². The van der Waals surface area contributed by atoms with Crippen LogP contribution >= 0.6 is 11.8 Å². The van der Waals surface area contributed by atoms with Gasteiger partial charge in [0, 0.05) is 48.8 Å². The Balaban J connectivity index is 1.25. The van der Waals surface area contributed by atoms with Crippen LogP contribution in [0.25, 0.3) is 11.1 Å². The molecular formula is C28H30N6O3S. The molecule has 4 atom stereocenters. The normalized spacial score (nSPS) is 26.5. The zero-order valence-electron chi connectivity index (χ0n) is 20.9. The second kappa shape index (κ2) is 10.3. The number of nitrogens with zero attached hydrogens (tertiary/aromatic N) is 3. The second-order valence-corrected chi connectivity index (χ2v) is 11.2. The SMILES string of the molecule is C=CC(=O)N1CCC[C@@H](NC(=O)C2=C3NC(=O)N(c4cccc(-c5ccncc5)c4)C4CCNC(S2)C34)C1. The Hall–Kier alpha value is -3.63. The topological polar surface area (TPSA) is 107 Å². The van der Waals surface area contributed by atoms with E-state index < -0.39 is 0 Å². The van der Waals surface area contributed by atoms with Crippen LogP contribution in [0.5, 0.6) is 0 Å². The molecule has 10 heteroatoms. The summed E-state index contributed by atoms with van der Waals surface area (Å²) in [5.74, 6) is -0.333. The van der Waals surface area contributed by atoms with E-state index in [1.165, 1.54) is 17.8 Å². The van der Waals surface area contributed by atoms with Crippen LogP contribution in [-0.4, -0.2) is 64.8 Å². The van der Waals surface area contributed by atoms with E-state index in [-0.39, 0.29) is 41.2 Å². The van der Waals surface area contributed by atoms with Crippen molar-refractivity contribution in [1.82, 2.24) is 25.8 Å². The van der Waals surface area contributed by atoms with Crippen LogP contribution in [0, 0.1) is 5.92 Å². The highest BCUT2D eigenvalue weighted by atomic mass is 32.2.